The molecule has 1 atom stereocenters. The molecule has 1 aliphatic carbocycles. The van der Waals surface area contributed by atoms with Gasteiger partial charge in [-0.05, 0) is 37.2 Å². The van der Waals surface area contributed by atoms with Crippen molar-refractivity contribution >= 4 is 6.29 Å². The highest BCUT2D eigenvalue weighted by molar-refractivity contribution is 5.66. The molecular formula is C11H18O. The van der Waals surface area contributed by atoms with E-state index in [0.29, 0.717) is 5.41 Å². The van der Waals surface area contributed by atoms with Crippen molar-refractivity contribution in [2.24, 2.45) is 5.41 Å². The summed E-state index contributed by atoms with van der Waals surface area (Å²) < 4.78 is 0. The van der Waals surface area contributed by atoms with Gasteiger partial charge in [-0.25, -0.2) is 0 Å². The predicted molar refractivity (Wildman–Crippen MR) is 51.0 cm³/mol. The maximum atomic E-state index is 10.3. The first-order valence-electron chi connectivity index (χ1n) is 4.83. The Morgan fingerprint density at radius 1 is 1.58 bits per heavy atom. The monoisotopic (exact) mass is 166 g/mol. The van der Waals surface area contributed by atoms with Crippen molar-refractivity contribution in [3.05, 3.63) is 11.6 Å². The van der Waals surface area contributed by atoms with Crippen LogP contribution in [0.1, 0.15) is 46.0 Å². The molecule has 0 heterocycles. The maximum Gasteiger partial charge on any atom is 0.142 e. The Morgan fingerprint density at radius 2 is 2.33 bits per heavy atom. The molecule has 0 aromatic heterocycles. The quantitative estimate of drug-likeness (QED) is 0.455. The highest BCUT2D eigenvalue weighted by atomic mass is 16.1. The van der Waals surface area contributed by atoms with E-state index in [0.717, 1.165) is 19.1 Å². The molecule has 0 amide bonds. The van der Waals surface area contributed by atoms with Gasteiger partial charge in [-0.2, -0.15) is 0 Å². The minimum absolute atomic E-state index is 0.465. The number of aldehydes is 1. The van der Waals surface area contributed by atoms with Gasteiger partial charge >= 0.3 is 0 Å². The molecule has 1 aliphatic rings. The van der Waals surface area contributed by atoms with Crippen LogP contribution < -0.4 is 0 Å². The van der Waals surface area contributed by atoms with E-state index in [4.69, 9.17) is 0 Å². The number of allylic oxidation sites excluding steroid dienone is 2. The highest BCUT2D eigenvalue weighted by Gasteiger charge is 2.26. The summed E-state index contributed by atoms with van der Waals surface area (Å²) in [6, 6.07) is 0. The molecule has 1 rings (SSSR count). The fourth-order valence-corrected chi connectivity index (χ4v) is 2.01. The molecule has 1 heteroatoms. The summed E-state index contributed by atoms with van der Waals surface area (Å²) in [7, 11) is 0. The lowest BCUT2D eigenvalue weighted by Gasteiger charge is -2.33. The zero-order chi connectivity index (χ0) is 9.03. The molecule has 0 aromatic rings. The Labute approximate surface area is 74.9 Å². The van der Waals surface area contributed by atoms with Gasteiger partial charge in [0.1, 0.15) is 6.29 Å². The van der Waals surface area contributed by atoms with Gasteiger partial charge < -0.3 is 0 Å². The van der Waals surface area contributed by atoms with Crippen LogP contribution in [-0.2, 0) is 4.79 Å². The largest absolute Gasteiger partial charge is 0.299 e. The molecule has 0 aromatic carbocycles. The van der Waals surface area contributed by atoms with Gasteiger partial charge in [-0.1, -0.05) is 25.8 Å². The summed E-state index contributed by atoms with van der Waals surface area (Å²) in [5.41, 5.74) is 1.81. The van der Waals surface area contributed by atoms with Crippen molar-refractivity contribution in [2.75, 3.05) is 0 Å². The zero-order valence-electron chi connectivity index (χ0n) is 8.10. The van der Waals surface area contributed by atoms with Crippen molar-refractivity contribution in [2.45, 2.75) is 46.0 Å². The van der Waals surface area contributed by atoms with Crippen molar-refractivity contribution < 1.29 is 4.79 Å². The summed E-state index contributed by atoms with van der Waals surface area (Å²) in [5, 5.41) is 0. The third-order valence-corrected chi connectivity index (χ3v) is 3.09. The van der Waals surface area contributed by atoms with Crippen molar-refractivity contribution in [3.63, 3.8) is 0 Å². The first-order valence-corrected chi connectivity index (χ1v) is 4.83. The molecule has 1 unspecified atom stereocenters. The van der Waals surface area contributed by atoms with E-state index in [1.165, 1.54) is 24.8 Å². The number of rotatable bonds is 2. The van der Waals surface area contributed by atoms with E-state index in [9.17, 15) is 4.79 Å². The SMILES string of the molecule is CCC1(C)CCC/C(=C/C=O)C1. The molecule has 1 nitrogen and oxygen atoms in total. The molecular weight excluding hydrogens is 148 g/mol. The number of carbonyl (C=O) groups is 1. The Bertz CT molecular complexity index is 193. The van der Waals surface area contributed by atoms with Crippen LogP contribution in [0.4, 0.5) is 0 Å². The summed E-state index contributed by atoms with van der Waals surface area (Å²) in [5.74, 6) is 0. The van der Waals surface area contributed by atoms with Gasteiger partial charge in [0.05, 0.1) is 0 Å². The minimum Gasteiger partial charge on any atom is -0.299 e. The number of carbonyl (C=O) groups excluding carboxylic acids is 1. The topological polar surface area (TPSA) is 17.1 Å². The second kappa shape index (κ2) is 3.88. The van der Waals surface area contributed by atoms with E-state index in [1.807, 2.05) is 0 Å². The Kier molecular flexibility index (Phi) is 3.07. The predicted octanol–water partition coefficient (Wildman–Crippen LogP) is 3.10. The summed E-state index contributed by atoms with van der Waals surface area (Å²) in [4.78, 5) is 10.3. The van der Waals surface area contributed by atoms with Crippen molar-refractivity contribution in [1.82, 2.24) is 0 Å². The van der Waals surface area contributed by atoms with E-state index in [1.54, 1.807) is 6.08 Å². The molecule has 1 fully saturated rings. The lowest BCUT2D eigenvalue weighted by molar-refractivity contribution is -0.104. The van der Waals surface area contributed by atoms with Crippen LogP contribution >= 0.6 is 0 Å². The molecule has 0 N–H and O–H groups in total. The van der Waals surface area contributed by atoms with Gasteiger partial charge in [-0.3, -0.25) is 4.79 Å². The Morgan fingerprint density at radius 3 is 2.92 bits per heavy atom. The van der Waals surface area contributed by atoms with E-state index in [-0.39, 0.29) is 0 Å². The normalized spacial score (nSPS) is 33.7. The highest BCUT2D eigenvalue weighted by Crippen LogP contribution is 2.40. The zero-order valence-corrected chi connectivity index (χ0v) is 8.10. The third-order valence-electron chi connectivity index (χ3n) is 3.09. The van der Waals surface area contributed by atoms with Gasteiger partial charge in [-0.15, -0.1) is 0 Å². The summed E-state index contributed by atoms with van der Waals surface area (Å²) in [6.45, 7) is 4.56. The first kappa shape index (κ1) is 9.50. The second-order valence-corrected chi connectivity index (χ2v) is 4.16. The molecule has 0 aliphatic heterocycles. The molecule has 1 saturated carbocycles. The van der Waals surface area contributed by atoms with Crippen molar-refractivity contribution in [1.29, 1.82) is 0 Å². The average molecular weight is 166 g/mol. The van der Waals surface area contributed by atoms with Crippen LogP contribution in [0, 0.1) is 5.41 Å². The lowest BCUT2D eigenvalue weighted by atomic mass is 9.72. The van der Waals surface area contributed by atoms with Gasteiger partial charge in [0.2, 0.25) is 0 Å². The van der Waals surface area contributed by atoms with E-state index < -0.39 is 0 Å². The fourth-order valence-electron chi connectivity index (χ4n) is 2.01. The first-order chi connectivity index (χ1) is 5.70. The molecule has 0 bridgehead atoms. The maximum absolute atomic E-state index is 10.3. The summed E-state index contributed by atoms with van der Waals surface area (Å²) >= 11 is 0. The van der Waals surface area contributed by atoms with Crippen LogP contribution in [0.2, 0.25) is 0 Å². The Balaban J connectivity index is 2.62. The van der Waals surface area contributed by atoms with Crippen LogP contribution in [-0.4, -0.2) is 6.29 Å². The number of hydrogen-bond donors (Lipinski definition) is 0. The number of hydrogen-bond acceptors (Lipinski definition) is 1. The van der Waals surface area contributed by atoms with E-state index in [2.05, 4.69) is 13.8 Å². The summed E-state index contributed by atoms with van der Waals surface area (Å²) in [6.07, 6.45) is 8.74. The lowest BCUT2D eigenvalue weighted by Crippen LogP contribution is -2.20. The standard InChI is InChI=1S/C11H18O/c1-3-11(2)7-4-5-10(9-11)6-8-12/h6,8H,3-5,7,9H2,1-2H3/b10-6-. The molecule has 12 heavy (non-hydrogen) atoms. The van der Waals surface area contributed by atoms with E-state index >= 15 is 0 Å². The van der Waals surface area contributed by atoms with Crippen LogP contribution in [0.25, 0.3) is 0 Å². The average Bonchev–Trinajstić information content (AvgIpc) is 2.05. The van der Waals surface area contributed by atoms with Gasteiger partial charge in [0, 0.05) is 0 Å². The van der Waals surface area contributed by atoms with Gasteiger partial charge in [0.25, 0.3) is 0 Å². The molecule has 0 radical (unpaired) electrons. The van der Waals surface area contributed by atoms with Crippen LogP contribution in [0.5, 0.6) is 0 Å². The fraction of sp³-hybridized carbons (Fsp3) is 0.727. The van der Waals surface area contributed by atoms with Gasteiger partial charge in [0.15, 0.2) is 0 Å². The smallest absolute Gasteiger partial charge is 0.142 e. The van der Waals surface area contributed by atoms with Crippen LogP contribution in [0.3, 0.4) is 0 Å². The van der Waals surface area contributed by atoms with Crippen LogP contribution in [0.15, 0.2) is 11.6 Å². The second-order valence-electron chi connectivity index (χ2n) is 4.16. The van der Waals surface area contributed by atoms with Crippen molar-refractivity contribution in [3.8, 4) is 0 Å². The molecule has 0 saturated heterocycles. The molecule has 0 spiro atoms. The minimum atomic E-state index is 0.465. The molecule has 68 valence electrons. The third kappa shape index (κ3) is 2.20. The Hall–Kier alpha value is -0.590.